The van der Waals surface area contributed by atoms with Crippen molar-refractivity contribution in [2.75, 3.05) is 19.7 Å². The van der Waals surface area contributed by atoms with Crippen LogP contribution in [0.4, 0.5) is 0 Å². The fraction of sp³-hybridized carbons (Fsp3) is 0.583. The van der Waals surface area contributed by atoms with Crippen LogP contribution in [0.3, 0.4) is 0 Å². The minimum Gasteiger partial charge on any atom is -0.469 e. The summed E-state index contributed by atoms with van der Waals surface area (Å²) in [4.78, 5) is 13.8. The third-order valence-corrected chi connectivity index (χ3v) is 2.45. The second-order valence-electron chi connectivity index (χ2n) is 3.63. The highest BCUT2D eigenvalue weighted by Gasteiger charge is 2.19. The van der Waals surface area contributed by atoms with Gasteiger partial charge < -0.3 is 14.4 Å². The summed E-state index contributed by atoms with van der Waals surface area (Å²) in [5.74, 6) is 0.658. The lowest BCUT2D eigenvalue weighted by Gasteiger charge is -2.20. The summed E-state index contributed by atoms with van der Waals surface area (Å²) in [6.45, 7) is 4.99. The second kappa shape index (κ2) is 6.33. The van der Waals surface area contributed by atoms with Gasteiger partial charge >= 0.3 is 0 Å². The van der Waals surface area contributed by atoms with Crippen LogP contribution < -0.4 is 0 Å². The number of hydrogen-bond donors (Lipinski definition) is 1. The van der Waals surface area contributed by atoms with E-state index in [-0.39, 0.29) is 12.5 Å². The number of amides is 1. The molecule has 0 aliphatic rings. The highest BCUT2D eigenvalue weighted by atomic mass is 16.3. The van der Waals surface area contributed by atoms with E-state index >= 15 is 0 Å². The third kappa shape index (κ3) is 2.85. The average Bonchev–Trinajstić information content (AvgIpc) is 2.75. The number of aliphatic hydroxyl groups excluding tert-OH is 1. The number of carbonyl (C=O) groups is 1. The molecule has 0 spiro atoms. The summed E-state index contributed by atoms with van der Waals surface area (Å²) >= 11 is 0. The minimum absolute atomic E-state index is 0.00888. The van der Waals surface area contributed by atoms with Crippen molar-refractivity contribution in [2.45, 2.75) is 26.7 Å². The first-order valence-corrected chi connectivity index (χ1v) is 5.71. The van der Waals surface area contributed by atoms with Crippen LogP contribution in [0.5, 0.6) is 0 Å². The molecule has 90 valence electrons. The molecule has 0 saturated carbocycles. The van der Waals surface area contributed by atoms with Gasteiger partial charge in [-0.3, -0.25) is 4.79 Å². The van der Waals surface area contributed by atoms with Crippen molar-refractivity contribution in [1.82, 2.24) is 4.90 Å². The molecular formula is C12H19NO3. The number of furan rings is 1. The lowest BCUT2D eigenvalue weighted by Crippen LogP contribution is -2.34. The van der Waals surface area contributed by atoms with Crippen molar-refractivity contribution in [3.8, 4) is 0 Å². The molecule has 0 aliphatic heterocycles. The molecule has 1 N–H and O–H groups in total. The van der Waals surface area contributed by atoms with E-state index in [1.54, 1.807) is 11.0 Å². The molecule has 1 rings (SSSR count). The highest BCUT2D eigenvalue weighted by Crippen LogP contribution is 2.14. The number of aliphatic hydroxyl groups is 1. The number of rotatable bonds is 6. The smallest absolute Gasteiger partial charge is 0.257 e. The zero-order valence-corrected chi connectivity index (χ0v) is 9.90. The molecule has 0 aromatic carbocycles. The van der Waals surface area contributed by atoms with Gasteiger partial charge in [-0.05, 0) is 12.5 Å². The van der Waals surface area contributed by atoms with E-state index in [1.165, 1.54) is 6.26 Å². The second-order valence-corrected chi connectivity index (χ2v) is 3.63. The molecular weight excluding hydrogens is 206 g/mol. The quantitative estimate of drug-likeness (QED) is 0.801. The van der Waals surface area contributed by atoms with Gasteiger partial charge in [0, 0.05) is 19.5 Å². The molecule has 0 aliphatic carbocycles. The Kier molecular flexibility index (Phi) is 5.05. The Balaban J connectivity index is 2.81. The van der Waals surface area contributed by atoms with Crippen LogP contribution in [0.2, 0.25) is 0 Å². The monoisotopic (exact) mass is 225 g/mol. The lowest BCUT2D eigenvalue weighted by molar-refractivity contribution is 0.0719. The molecule has 0 unspecified atom stereocenters. The number of carbonyl (C=O) groups excluding carboxylic acids is 1. The van der Waals surface area contributed by atoms with Crippen molar-refractivity contribution in [3.05, 3.63) is 23.7 Å². The molecule has 4 heteroatoms. The standard InChI is InChI=1S/C12H19NO3/c1-3-6-13(7-8-14)12(15)10-5-9-16-11(10)4-2/h5,9,14H,3-4,6-8H2,1-2H3. The summed E-state index contributed by atoms with van der Waals surface area (Å²) in [7, 11) is 0. The Bertz CT molecular complexity index is 327. The first-order valence-electron chi connectivity index (χ1n) is 5.71. The van der Waals surface area contributed by atoms with Crippen molar-refractivity contribution in [3.63, 3.8) is 0 Å². The van der Waals surface area contributed by atoms with Crippen LogP contribution in [0.1, 0.15) is 36.4 Å². The topological polar surface area (TPSA) is 53.7 Å². The van der Waals surface area contributed by atoms with Gasteiger partial charge in [-0.2, -0.15) is 0 Å². The Hall–Kier alpha value is -1.29. The van der Waals surface area contributed by atoms with Crippen molar-refractivity contribution in [1.29, 1.82) is 0 Å². The Labute approximate surface area is 95.9 Å². The molecule has 0 radical (unpaired) electrons. The van der Waals surface area contributed by atoms with E-state index in [9.17, 15) is 4.79 Å². The molecule has 1 aromatic rings. The van der Waals surface area contributed by atoms with Crippen LogP contribution in [-0.2, 0) is 6.42 Å². The molecule has 0 bridgehead atoms. The summed E-state index contributed by atoms with van der Waals surface area (Å²) in [5, 5.41) is 8.92. The van der Waals surface area contributed by atoms with Crippen molar-refractivity contribution < 1.29 is 14.3 Å². The summed E-state index contributed by atoms with van der Waals surface area (Å²) < 4.78 is 5.23. The van der Waals surface area contributed by atoms with E-state index in [0.29, 0.717) is 30.8 Å². The average molecular weight is 225 g/mol. The first-order chi connectivity index (χ1) is 7.74. The molecule has 4 nitrogen and oxygen atoms in total. The predicted molar refractivity (Wildman–Crippen MR) is 61.4 cm³/mol. The van der Waals surface area contributed by atoms with E-state index in [4.69, 9.17) is 9.52 Å². The van der Waals surface area contributed by atoms with E-state index in [0.717, 1.165) is 6.42 Å². The summed E-state index contributed by atoms with van der Waals surface area (Å²) in [6.07, 6.45) is 3.12. The zero-order valence-electron chi connectivity index (χ0n) is 9.90. The molecule has 1 amide bonds. The number of aryl methyl sites for hydroxylation is 1. The zero-order chi connectivity index (χ0) is 12.0. The molecule has 0 fully saturated rings. The Morgan fingerprint density at radius 1 is 1.44 bits per heavy atom. The molecule has 0 atom stereocenters. The van der Waals surface area contributed by atoms with Crippen molar-refractivity contribution in [2.24, 2.45) is 0 Å². The van der Waals surface area contributed by atoms with E-state index in [2.05, 4.69) is 0 Å². The molecule has 0 saturated heterocycles. The van der Waals surface area contributed by atoms with Gasteiger partial charge in [0.05, 0.1) is 18.4 Å². The summed E-state index contributed by atoms with van der Waals surface area (Å²) in [6, 6.07) is 1.70. The van der Waals surface area contributed by atoms with Gasteiger partial charge in [-0.25, -0.2) is 0 Å². The number of hydrogen-bond acceptors (Lipinski definition) is 3. The van der Waals surface area contributed by atoms with Gasteiger partial charge in [-0.15, -0.1) is 0 Å². The fourth-order valence-corrected chi connectivity index (χ4v) is 1.68. The van der Waals surface area contributed by atoms with Gasteiger partial charge in [0.1, 0.15) is 5.76 Å². The third-order valence-electron chi connectivity index (χ3n) is 2.45. The number of nitrogens with zero attached hydrogens (tertiary/aromatic N) is 1. The van der Waals surface area contributed by atoms with Crippen LogP contribution >= 0.6 is 0 Å². The van der Waals surface area contributed by atoms with E-state index < -0.39 is 0 Å². The predicted octanol–water partition coefficient (Wildman–Crippen LogP) is 1.69. The minimum atomic E-state index is -0.0542. The fourth-order valence-electron chi connectivity index (χ4n) is 1.68. The van der Waals surface area contributed by atoms with Crippen molar-refractivity contribution >= 4 is 5.91 Å². The molecule has 1 heterocycles. The first kappa shape index (κ1) is 12.8. The highest BCUT2D eigenvalue weighted by molar-refractivity contribution is 5.95. The van der Waals surface area contributed by atoms with Gasteiger partial charge in [-0.1, -0.05) is 13.8 Å². The Morgan fingerprint density at radius 2 is 2.19 bits per heavy atom. The normalized spacial score (nSPS) is 10.4. The van der Waals surface area contributed by atoms with Gasteiger partial charge in [0.25, 0.3) is 5.91 Å². The maximum atomic E-state index is 12.1. The molecule has 1 aromatic heterocycles. The van der Waals surface area contributed by atoms with Crippen LogP contribution in [0, 0.1) is 0 Å². The summed E-state index contributed by atoms with van der Waals surface area (Å²) in [5.41, 5.74) is 0.615. The Morgan fingerprint density at radius 3 is 2.75 bits per heavy atom. The van der Waals surface area contributed by atoms with Crippen LogP contribution in [0.25, 0.3) is 0 Å². The van der Waals surface area contributed by atoms with Crippen LogP contribution in [0.15, 0.2) is 16.7 Å². The maximum absolute atomic E-state index is 12.1. The SMILES string of the molecule is CCCN(CCO)C(=O)c1ccoc1CC. The van der Waals surface area contributed by atoms with E-state index in [1.807, 2.05) is 13.8 Å². The largest absolute Gasteiger partial charge is 0.469 e. The lowest BCUT2D eigenvalue weighted by atomic mass is 10.2. The van der Waals surface area contributed by atoms with Gasteiger partial charge in [0.15, 0.2) is 0 Å². The van der Waals surface area contributed by atoms with Crippen LogP contribution in [-0.4, -0.2) is 35.6 Å². The molecule has 16 heavy (non-hydrogen) atoms. The maximum Gasteiger partial charge on any atom is 0.257 e. The van der Waals surface area contributed by atoms with Gasteiger partial charge in [0.2, 0.25) is 0 Å².